The van der Waals surface area contributed by atoms with Crippen molar-refractivity contribution in [1.29, 1.82) is 0 Å². The van der Waals surface area contributed by atoms with Gasteiger partial charge in [-0.15, -0.1) is 0 Å². The highest BCUT2D eigenvalue weighted by Crippen LogP contribution is 2.36. The van der Waals surface area contributed by atoms with Crippen molar-refractivity contribution in [3.8, 4) is 0 Å². The van der Waals surface area contributed by atoms with E-state index in [2.05, 4.69) is 15.4 Å². The summed E-state index contributed by atoms with van der Waals surface area (Å²) in [6.07, 6.45) is 1.71. The van der Waals surface area contributed by atoms with Crippen LogP contribution in [0.3, 0.4) is 0 Å². The fourth-order valence-corrected chi connectivity index (χ4v) is 9.08. The van der Waals surface area contributed by atoms with Crippen molar-refractivity contribution >= 4 is 42.4 Å². The van der Waals surface area contributed by atoms with E-state index in [0.29, 0.717) is 30.0 Å². The molecule has 49 heavy (non-hydrogen) atoms. The number of hydrogen-bond donors (Lipinski definition) is 4. The summed E-state index contributed by atoms with van der Waals surface area (Å²) in [5.74, 6) is -2.52. The lowest BCUT2D eigenvalue weighted by molar-refractivity contribution is -0.132. The van der Waals surface area contributed by atoms with E-state index in [0.717, 1.165) is 11.8 Å². The Morgan fingerprint density at radius 2 is 1.59 bits per heavy atom. The monoisotopic (exact) mass is 715 g/mol. The average Bonchev–Trinajstić information content (AvgIpc) is 3.02. The minimum absolute atomic E-state index is 0.0239. The average molecular weight is 716 g/mol. The van der Waals surface area contributed by atoms with E-state index in [9.17, 15) is 31.5 Å². The molecule has 0 heterocycles. The van der Waals surface area contributed by atoms with Gasteiger partial charge in [-0.1, -0.05) is 66.7 Å². The number of methoxy groups -OCH3 is 1. The highest BCUT2D eigenvalue weighted by Gasteiger charge is 2.39. The third-order valence-electron chi connectivity index (χ3n) is 8.88. The zero-order valence-corrected chi connectivity index (χ0v) is 30.4. The van der Waals surface area contributed by atoms with Crippen LogP contribution in [0.1, 0.15) is 52.0 Å². The van der Waals surface area contributed by atoms with Crippen molar-refractivity contribution in [2.24, 2.45) is 11.8 Å². The van der Waals surface area contributed by atoms with Crippen LogP contribution in [0, 0.1) is 11.8 Å². The minimum atomic E-state index is -4.19. The first-order valence-corrected chi connectivity index (χ1v) is 20.0. The standard InChI is InChI=1S/C36H49N3O8S2/c1-36(2,3)38-34(41)29-19-18-27(47-4)21-26(29)22-32(40)30(20-24-12-7-6-8-13-24)37-35(42)31(39-48(5,43)44)23-49(45,46)33-17-11-15-25-14-9-10-16-28(25)33/h6-17,26-27,29-32,39-40H,18-23H2,1-5H3,(H,37,42)(H,38,41)/t26?,27?,29?,30-,31+,32+/m0/s1. The van der Waals surface area contributed by atoms with Gasteiger partial charge in [-0.25, -0.2) is 21.6 Å². The van der Waals surface area contributed by atoms with E-state index in [1.54, 1.807) is 43.5 Å². The SMILES string of the molecule is COC1CCC(C(=O)NC(C)(C)C)C(C[C@@H](O)[C@H](Cc2ccccc2)NC(=O)[C@@H](CS(=O)(=O)c2cccc3ccccc23)NS(C)(=O)=O)C1. The first kappa shape index (κ1) is 38.4. The van der Waals surface area contributed by atoms with Crippen LogP contribution in [0.4, 0.5) is 0 Å². The lowest BCUT2D eigenvalue weighted by Gasteiger charge is -2.38. The lowest BCUT2D eigenvalue weighted by Crippen LogP contribution is -2.55. The Bertz CT molecular complexity index is 1810. The lowest BCUT2D eigenvalue weighted by atomic mass is 9.73. The van der Waals surface area contributed by atoms with Gasteiger partial charge < -0.3 is 20.5 Å². The van der Waals surface area contributed by atoms with E-state index in [-0.39, 0.29) is 41.6 Å². The van der Waals surface area contributed by atoms with E-state index in [4.69, 9.17) is 4.74 Å². The van der Waals surface area contributed by atoms with Gasteiger partial charge in [-0.2, -0.15) is 0 Å². The molecule has 0 aromatic heterocycles. The van der Waals surface area contributed by atoms with Crippen LogP contribution in [-0.4, -0.2) is 82.7 Å². The number of nitrogens with one attached hydrogen (secondary N) is 3. The first-order valence-electron chi connectivity index (χ1n) is 16.5. The van der Waals surface area contributed by atoms with Gasteiger partial charge in [0.25, 0.3) is 0 Å². The molecule has 1 aliphatic carbocycles. The Hall–Kier alpha value is -3.36. The molecule has 3 unspecified atom stereocenters. The summed E-state index contributed by atoms with van der Waals surface area (Å²) in [6, 6.07) is 18.2. The first-order chi connectivity index (χ1) is 23.0. The largest absolute Gasteiger partial charge is 0.391 e. The number of benzene rings is 3. The normalized spacial score (nSPS) is 20.7. The van der Waals surface area contributed by atoms with Gasteiger partial charge in [-0.3, -0.25) is 9.59 Å². The fourth-order valence-electron chi connectivity index (χ4n) is 6.61. The van der Waals surface area contributed by atoms with Gasteiger partial charge in [0.15, 0.2) is 9.84 Å². The Kier molecular flexibility index (Phi) is 12.6. The molecule has 1 aliphatic rings. The Morgan fingerprint density at radius 3 is 2.24 bits per heavy atom. The summed E-state index contributed by atoms with van der Waals surface area (Å²) >= 11 is 0. The molecule has 13 heteroatoms. The molecule has 3 aromatic rings. The van der Waals surface area contributed by atoms with Crippen LogP contribution in [0.2, 0.25) is 0 Å². The maximum atomic E-state index is 13.9. The van der Waals surface area contributed by atoms with Crippen molar-refractivity contribution in [2.45, 2.75) is 87.6 Å². The molecule has 4 rings (SSSR count). The van der Waals surface area contributed by atoms with E-state index in [1.807, 2.05) is 51.1 Å². The van der Waals surface area contributed by atoms with E-state index < -0.39 is 55.2 Å². The number of sulfone groups is 1. The molecule has 3 aromatic carbocycles. The van der Waals surface area contributed by atoms with Crippen molar-refractivity contribution in [3.05, 3.63) is 78.4 Å². The quantitative estimate of drug-likeness (QED) is 0.197. The van der Waals surface area contributed by atoms with Crippen LogP contribution in [0.5, 0.6) is 0 Å². The highest BCUT2D eigenvalue weighted by molar-refractivity contribution is 7.92. The van der Waals surface area contributed by atoms with Crippen LogP contribution in [-0.2, 0) is 40.6 Å². The third kappa shape index (κ3) is 11.1. The maximum Gasteiger partial charge on any atom is 0.239 e. The number of aliphatic hydroxyl groups is 1. The summed E-state index contributed by atoms with van der Waals surface area (Å²) in [6.45, 7) is 5.72. The van der Waals surface area contributed by atoms with Crippen molar-refractivity contribution in [2.75, 3.05) is 19.1 Å². The molecule has 2 amide bonds. The summed E-state index contributed by atoms with van der Waals surface area (Å²) in [5.41, 5.74) is 0.346. The van der Waals surface area contributed by atoms with Gasteiger partial charge in [0.1, 0.15) is 6.04 Å². The topological polar surface area (TPSA) is 168 Å². The number of carbonyl (C=O) groups is 2. The number of amides is 2. The van der Waals surface area contributed by atoms with Crippen molar-refractivity contribution in [3.63, 3.8) is 0 Å². The molecular formula is C36H49N3O8S2. The molecule has 1 fully saturated rings. The molecule has 0 radical (unpaired) electrons. The highest BCUT2D eigenvalue weighted by atomic mass is 32.2. The third-order valence-corrected chi connectivity index (χ3v) is 11.4. The minimum Gasteiger partial charge on any atom is -0.391 e. The molecular weight excluding hydrogens is 667 g/mol. The molecule has 0 spiro atoms. The number of hydrogen-bond acceptors (Lipinski definition) is 8. The molecule has 11 nitrogen and oxygen atoms in total. The van der Waals surface area contributed by atoms with E-state index >= 15 is 0 Å². The number of sulfonamides is 1. The zero-order chi connectivity index (χ0) is 36.0. The van der Waals surface area contributed by atoms with Crippen molar-refractivity contribution in [1.82, 2.24) is 15.4 Å². The predicted octanol–water partition coefficient (Wildman–Crippen LogP) is 3.36. The van der Waals surface area contributed by atoms with Crippen LogP contribution in [0.15, 0.2) is 77.7 Å². The summed E-state index contributed by atoms with van der Waals surface area (Å²) in [5, 5.41) is 18.7. The number of carbonyl (C=O) groups excluding carboxylic acids is 2. The van der Waals surface area contributed by atoms with Gasteiger partial charge in [-0.05, 0) is 75.8 Å². The van der Waals surface area contributed by atoms with Gasteiger partial charge in [0.05, 0.1) is 35.2 Å². The summed E-state index contributed by atoms with van der Waals surface area (Å²) in [7, 11) is -6.61. The second kappa shape index (κ2) is 16.1. The van der Waals surface area contributed by atoms with Gasteiger partial charge in [0.2, 0.25) is 21.8 Å². The molecule has 0 bridgehead atoms. The second-order valence-electron chi connectivity index (χ2n) is 14.1. The predicted molar refractivity (Wildman–Crippen MR) is 190 cm³/mol. The number of fused-ring (bicyclic) bond motifs is 1. The molecule has 4 N–H and O–H groups in total. The smallest absolute Gasteiger partial charge is 0.239 e. The molecule has 0 aliphatic heterocycles. The zero-order valence-electron chi connectivity index (χ0n) is 28.8. The van der Waals surface area contributed by atoms with Crippen LogP contribution >= 0.6 is 0 Å². The van der Waals surface area contributed by atoms with Gasteiger partial charge in [0, 0.05) is 24.0 Å². The van der Waals surface area contributed by atoms with Gasteiger partial charge >= 0.3 is 0 Å². The van der Waals surface area contributed by atoms with Crippen molar-refractivity contribution < 1.29 is 36.3 Å². The number of rotatable bonds is 14. The summed E-state index contributed by atoms with van der Waals surface area (Å²) < 4.78 is 60.2. The number of aliphatic hydroxyl groups excluding tert-OH is 1. The van der Waals surface area contributed by atoms with Crippen LogP contribution in [0.25, 0.3) is 10.8 Å². The summed E-state index contributed by atoms with van der Waals surface area (Å²) in [4.78, 5) is 27.3. The Labute approximate surface area is 290 Å². The maximum absolute atomic E-state index is 13.9. The van der Waals surface area contributed by atoms with E-state index in [1.165, 1.54) is 6.07 Å². The molecule has 0 saturated heterocycles. The molecule has 268 valence electrons. The Morgan fingerprint density at radius 1 is 0.939 bits per heavy atom. The Balaban J connectivity index is 1.63. The fraction of sp³-hybridized carbons (Fsp3) is 0.500. The number of ether oxygens (including phenoxy) is 1. The molecule has 6 atom stereocenters. The molecule has 1 saturated carbocycles. The second-order valence-corrected chi connectivity index (χ2v) is 17.9. The van der Waals surface area contributed by atoms with Crippen LogP contribution < -0.4 is 15.4 Å².